The molecule has 1 N–H and O–H groups in total. The molecule has 0 saturated carbocycles. The first-order valence-corrected chi connectivity index (χ1v) is 10.1. The van der Waals surface area contributed by atoms with E-state index in [0.717, 1.165) is 36.8 Å². The third-order valence-corrected chi connectivity index (χ3v) is 5.21. The van der Waals surface area contributed by atoms with Gasteiger partial charge in [0.15, 0.2) is 11.6 Å². The molecule has 2 rings (SSSR count). The smallest absolute Gasteiger partial charge is 0.163 e. The summed E-state index contributed by atoms with van der Waals surface area (Å²) in [5.41, 5.74) is 1.85. The van der Waals surface area contributed by atoms with Crippen molar-refractivity contribution in [3.63, 3.8) is 0 Å². The standard InChI is InChI=1S/C23H32O3/c1-2-12-21(24)23(26)19-15-9-7-5-3-4-6-8-13-18-14-10-11-16-20(18)22(25)17-19/h7,9-11,14,16,19,23,26H,2-6,8,12-13,15,17H2,1H3/t19-,23?/m1/s1. The van der Waals surface area contributed by atoms with E-state index in [2.05, 4.69) is 6.08 Å². The summed E-state index contributed by atoms with van der Waals surface area (Å²) in [6.45, 7) is 1.93. The van der Waals surface area contributed by atoms with Gasteiger partial charge in [0.05, 0.1) is 0 Å². The maximum Gasteiger partial charge on any atom is 0.163 e. The second-order valence-corrected chi connectivity index (χ2v) is 7.37. The number of carbonyl (C=O) groups excluding carboxylic acids is 2. The number of benzene rings is 1. The van der Waals surface area contributed by atoms with Crippen LogP contribution in [0.15, 0.2) is 36.4 Å². The third kappa shape index (κ3) is 6.21. The Bertz CT molecular complexity index is 618. The normalized spacial score (nSPS) is 20.8. The average molecular weight is 357 g/mol. The van der Waals surface area contributed by atoms with Crippen molar-refractivity contribution in [2.24, 2.45) is 5.92 Å². The Hall–Kier alpha value is -1.74. The fraction of sp³-hybridized carbons (Fsp3) is 0.565. The summed E-state index contributed by atoms with van der Waals surface area (Å²) >= 11 is 0. The van der Waals surface area contributed by atoms with Gasteiger partial charge in [-0.3, -0.25) is 9.59 Å². The van der Waals surface area contributed by atoms with Gasteiger partial charge in [-0.25, -0.2) is 0 Å². The molecule has 1 aromatic rings. The third-order valence-electron chi connectivity index (χ3n) is 5.21. The molecule has 0 heterocycles. The largest absolute Gasteiger partial charge is 0.385 e. The second kappa shape index (κ2) is 11.1. The SMILES string of the molecule is CCCC(=O)C(O)[C@@H]1CC=CCCCCCCc2ccccc2C(=O)C1. The summed E-state index contributed by atoms with van der Waals surface area (Å²) in [4.78, 5) is 25.1. The zero-order chi connectivity index (χ0) is 18.8. The number of aliphatic hydroxyl groups is 1. The zero-order valence-electron chi connectivity index (χ0n) is 16.0. The Kier molecular flexibility index (Phi) is 8.76. The first kappa shape index (κ1) is 20.6. The molecular formula is C23H32O3. The lowest BCUT2D eigenvalue weighted by Crippen LogP contribution is -2.31. The minimum atomic E-state index is -1.05. The van der Waals surface area contributed by atoms with Crippen molar-refractivity contribution in [3.8, 4) is 0 Å². The van der Waals surface area contributed by atoms with Crippen molar-refractivity contribution in [1.29, 1.82) is 0 Å². The monoisotopic (exact) mass is 356 g/mol. The molecule has 142 valence electrons. The Morgan fingerprint density at radius 1 is 1.15 bits per heavy atom. The molecule has 0 fully saturated rings. The van der Waals surface area contributed by atoms with Crippen LogP contribution in [0.25, 0.3) is 0 Å². The van der Waals surface area contributed by atoms with Crippen LogP contribution in [0, 0.1) is 5.92 Å². The Balaban J connectivity index is 2.22. The molecule has 0 aromatic heterocycles. The van der Waals surface area contributed by atoms with Gasteiger partial charge in [0.25, 0.3) is 0 Å². The molecule has 1 aliphatic carbocycles. The van der Waals surface area contributed by atoms with Gasteiger partial charge < -0.3 is 5.11 Å². The number of Topliss-reactive ketones (excluding diaryl/α,β-unsaturated/α-hetero) is 2. The first-order valence-electron chi connectivity index (χ1n) is 10.1. The molecule has 26 heavy (non-hydrogen) atoms. The average Bonchev–Trinajstić information content (AvgIpc) is 2.65. The van der Waals surface area contributed by atoms with E-state index in [9.17, 15) is 14.7 Å². The molecule has 3 nitrogen and oxygen atoms in total. The van der Waals surface area contributed by atoms with Gasteiger partial charge in [-0.05, 0) is 44.1 Å². The van der Waals surface area contributed by atoms with Crippen molar-refractivity contribution in [1.82, 2.24) is 0 Å². The van der Waals surface area contributed by atoms with E-state index in [1.165, 1.54) is 19.3 Å². The lowest BCUT2D eigenvalue weighted by molar-refractivity contribution is -0.129. The molecule has 1 aromatic carbocycles. The molecule has 0 amide bonds. The van der Waals surface area contributed by atoms with Gasteiger partial charge in [0.1, 0.15) is 6.10 Å². The van der Waals surface area contributed by atoms with Crippen LogP contribution in [0.4, 0.5) is 0 Å². The molecular weight excluding hydrogens is 324 g/mol. The molecule has 0 spiro atoms. The van der Waals surface area contributed by atoms with Crippen molar-refractivity contribution < 1.29 is 14.7 Å². The number of rotatable bonds is 4. The predicted molar refractivity (Wildman–Crippen MR) is 105 cm³/mol. The lowest BCUT2D eigenvalue weighted by Gasteiger charge is -2.21. The quantitative estimate of drug-likeness (QED) is 0.767. The van der Waals surface area contributed by atoms with Crippen LogP contribution < -0.4 is 0 Å². The van der Waals surface area contributed by atoms with Gasteiger partial charge in [-0.1, -0.05) is 56.2 Å². The molecule has 0 radical (unpaired) electrons. The van der Waals surface area contributed by atoms with E-state index in [1.54, 1.807) is 0 Å². The van der Waals surface area contributed by atoms with Crippen LogP contribution in [-0.2, 0) is 11.2 Å². The maximum absolute atomic E-state index is 12.9. The van der Waals surface area contributed by atoms with E-state index in [-0.39, 0.29) is 23.9 Å². The highest BCUT2D eigenvalue weighted by Gasteiger charge is 2.27. The van der Waals surface area contributed by atoms with E-state index >= 15 is 0 Å². The van der Waals surface area contributed by atoms with Crippen LogP contribution in [0.5, 0.6) is 0 Å². The second-order valence-electron chi connectivity index (χ2n) is 7.37. The predicted octanol–water partition coefficient (Wildman–Crippen LogP) is 5.06. The number of fused-ring (bicyclic) bond motifs is 1. The van der Waals surface area contributed by atoms with E-state index < -0.39 is 6.10 Å². The van der Waals surface area contributed by atoms with Crippen LogP contribution in [0.3, 0.4) is 0 Å². The van der Waals surface area contributed by atoms with Gasteiger partial charge in [-0.15, -0.1) is 0 Å². The number of aliphatic hydroxyl groups excluding tert-OH is 1. The Morgan fingerprint density at radius 2 is 1.92 bits per heavy atom. The van der Waals surface area contributed by atoms with Crippen LogP contribution in [-0.4, -0.2) is 22.8 Å². The summed E-state index contributed by atoms with van der Waals surface area (Å²) in [6, 6.07) is 7.80. The number of hydrogen-bond donors (Lipinski definition) is 1. The highest BCUT2D eigenvalue weighted by atomic mass is 16.3. The molecule has 2 atom stereocenters. The minimum absolute atomic E-state index is 0.0411. The molecule has 1 aliphatic rings. The molecule has 0 aliphatic heterocycles. The van der Waals surface area contributed by atoms with E-state index in [4.69, 9.17) is 0 Å². The number of aryl methyl sites for hydroxylation is 1. The zero-order valence-corrected chi connectivity index (χ0v) is 16.0. The Morgan fingerprint density at radius 3 is 2.73 bits per heavy atom. The van der Waals surface area contributed by atoms with Gasteiger partial charge in [-0.2, -0.15) is 0 Å². The number of allylic oxidation sites excluding steroid dienone is 2. The molecule has 0 saturated heterocycles. The fourth-order valence-corrected chi connectivity index (χ4v) is 3.66. The van der Waals surface area contributed by atoms with Gasteiger partial charge in [0, 0.05) is 24.3 Å². The highest BCUT2D eigenvalue weighted by molar-refractivity contribution is 5.98. The summed E-state index contributed by atoms with van der Waals surface area (Å²) in [7, 11) is 0. The first-order chi connectivity index (χ1) is 12.6. The van der Waals surface area contributed by atoms with Crippen molar-refractivity contribution in [3.05, 3.63) is 47.5 Å². The summed E-state index contributed by atoms with van der Waals surface area (Å²) in [5.74, 6) is -0.443. The molecule has 0 bridgehead atoms. The van der Waals surface area contributed by atoms with Crippen LogP contribution >= 0.6 is 0 Å². The minimum Gasteiger partial charge on any atom is -0.385 e. The van der Waals surface area contributed by atoms with Crippen molar-refractivity contribution in [2.75, 3.05) is 0 Å². The molecule has 3 heteroatoms. The number of hydrogen-bond acceptors (Lipinski definition) is 3. The van der Waals surface area contributed by atoms with Crippen LogP contribution in [0.1, 0.15) is 80.6 Å². The van der Waals surface area contributed by atoms with Gasteiger partial charge >= 0.3 is 0 Å². The topological polar surface area (TPSA) is 54.4 Å². The lowest BCUT2D eigenvalue weighted by atomic mass is 9.86. The maximum atomic E-state index is 12.9. The highest BCUT2D eigenvalue weighted by Crippen LogP contribution is 2.23. The summed E-state index contributed by atoms with van der Waals surface area (Å²) in [5, 5.41) is 10.5. The van der Waals surface area contributed by atoms with Crippen molar-refractivity contribution >= 4 is 11.6 Å². The van der Waals surface area contributed by atoms with Crippen LogP contribution in [0.2, 0.25) is 0 Å². The van der Waals surface area contributed by atoms with Gasteiger partial charge in [0.2, 0.25) is 0 Å². The summed E-state index contributed by atoms with van der Waals surface area (Å²) < 4.78 is 0. The van der Waals surface area contributed by atoms with E-state index in [0.29, 0.717) is 12.8 Å². The summed E-state index contributed by atoms with van der Waals surface area (Å²) in [6.07, 6.45) is 11.6. The van der Waals surface area contributed by atoms with E-state index in [1.807, 2.05) is 37.3 Å². The number of carbonyl (C=O) groups is 2. The van der Waals surface area contributed by atoms with Crippen molar-refractivity contribution in [2.45, 2.75) is 77.2 Å². The number of ketones is 2. The Labute approximate surface area is 157 Å². The fourth-order valence-electron chi connectivity index (χ4n) is 3.66. The molecule has 1 unspecified atom stereocenters.